The summed E-state index contributed by atoms with van der Waals surface area (Å²) < 4.78 is 62.1. The predicted molar refractivity (Wildman–Crippen MR) is 152 cm³/mol. The number of benzene rings is 3. The molecular formula is C26H27Cl2N3O6S2. The Morgan fingerprint density at radius 1 is 0.821 bits per heavy atom. The zero-order valence-corrected chi connectivity index (χ0v) is 24.1. The van der Waals surface area contributed by atoms with Crippen LogP contribution in [0.25, 0.3) is 0 Å². The highest BCUT2D eigenvalue weighted by Gasteiger charge is 2.24. The number of carbonyl (C=O) groups excluding carboxylic acids is 1. The van der Waals surface area contributed by atoms with Gasteiger partial charge in [-0.2, -0.15) is 0 Å². The number of anilines is 2. The maximum absolute atomic E-state index is 13.2. The third-order valence-corrected chi connectivity index (χ3v) is 9.80. The van der Waals surface area contributed by atoms with Crippen molar-refractivity contribution < 1.29 is 26.4 Å². The molecule has 0 spiro atoms. The highest BCUT2D eigenvalue weighted by atomic mass is 35.5. The van der Waals surface area contributed by atoms with Gasteiger partial charge >= 0.3 is 0 Å². The maximum atomic E-state index is 13.2. The average Bonchev–Trinajstić information content (AvgIpc) is 3.20. The van der Waals surface area contributed by atoms with Gasteiger partial charge in [-0.25, -0.2) is 16.8 Å². The topological polar surface area (TPSA) is 122 Å². The number of halogens is 2. The van der Waals surface area contributed by atoms with Gasteiger partial charge < -0.3 is 9.64 Å². The first-order valence-corrected chi connectivity index (χ1v) is 15.8. The molecular weight excluding hydrogens is 585 g/mol. The largest absolute Gasteiger partial charge is 0.496 e. The number of hydrogen-bond donors (Lipinski definition) is 2. The number of likely N-dealkylation sites (tertiary alicyclic amines) is 1. The number of nitrogens with zero attached hydrogens (tertiary/aromatic N) is 1. The summed E-state index contributed by atoms with van der Waals surface area (Å²) in [5.41, 5.74) is 0.402. The Labute approximate surface area is 238 Å². The van der Waals surface area contributed by atoms with Gasteiger partial charge in [-0.15, -0.1) is 0 Å². The van der Waals surface area contributed by atoms with Crippen molar-refractivity contribution in [3.8, 4) is 5.75 Å². The van der Waals surface area contributed by atoms with E-state index < -0.39 is 20.0 Å². The monoisotopic (exact) mass is 611 g/mol. The van der Waals surface area contributed by atoms with Crippen LogP contribution in [-0.2, 0) is 20.0 Å². The molecule has 39 heavy (non-hydrogen) atoms. The molecule has 1 heterocycles. The molecule has 1 aliphatic heterocycles. The van der Waals surface area contributed by atoms with E-state index in [0.29, 0.717) is 13.1 Å². The lowest BCUT2D eigenvalue weighted by Gasteiger charge is -2.22. The number of amides is 1. The number of ether oxygens (including phenoxy) is 1. The SMILES string of the molecule is COc1ccc(S(=O)(=O)Nc2ccc(S(=O)(=O)Nc3cccc(Cl)c3Cl)cc2)cc1C(=O)N1CCCCCC1. The maximum Gasteiger partial charge on any atom is 0.261 e. The first-order valence-electron chi connectivity index (χ1n) is 12.1. The summed E-state index contributed by atoms with van der Waals surface area (Å²) in [6.45, 7) is 1.20. The van der Waals surface area contributed by atoms with E-state index in [4.69, 9.17) is 27.9 Å². The van der Waals surface area contributed by atoms with Crippen LogP contribution in [0.15, 0.2) is 70.5 Å². The summed E-state index contributed by atoms with van der Waals surface area (Å²) in [5.74, 6) is -0.00210. The Balaban J connectivity index is 1.54. The number of carbonyl (C=O) groups is 1. The van der Waals surface area contributed by atoms with Gasteiger partial charge in [0.25, 0.3) is 26.0 Å². The number of hydrogen-bond acceptors (Lipinski definition) is 6. The van der Waals surface area contributed by atoms with E-state index in [2.05, 4.69) is 9.44 Å². The van der Waals surface area contributed by atoms with Gasteiger partial charge in [0, 0.05) is 18.8 Å². The van der Waals surface area contributed by atoms with Crippen LogP contribution in [0, 0.1) is 0 Å². The summed E-state index contributed by atoms with van der Waals surface area (Å²) in [7, 11) is -6.72. The van der Waals surface area contributed by atoms with E-state index in [1.807, 2.05) is 0 Å². The molecule has 1 amide bonds. The summed E-state index contributed by atoms with van der Waals surface area (Å²) in [6, 6.07) is 13.8. The minimum absolute atomic E-state index is 0.0558. The van der Waals surface area contributed by atoms with Crippen molar-refractivity contribution in [2.24, 2.45) is 0 Å². The van der Waals surface area contributed by atoms with Gasteiger partial charge in [-0.3, -0.25) is 14.2 Å². The molecule has 3 aromatic rings. The molecule has 1 aliphatic rings. The first-order chi connectivity index (χ1) is 18.5. The van der Waals surface area contributed by atoms with E-state index in [9.17, 15) is 21.6 Å². The lowest BCUT2D eigenvalue weighted by atomic mass is 10.1. The summed E-state index contributed by atoms with van der Waals surface area (Å²) in [6.07, 6.45) is 3.87. The van der Waals surface area contributed by atoms with E-state index in [-0.39, 0.29) is 48.4 Å². The van der Waals surface area contributed by atoms with Crippen LogP contribution in [0.1, 0.15) is 36.0 Å². The van der Waals surface area contributed by atoms with E-state index in [0.717, 1.165) is 25.7 Å². The minimum Gasteiger partial charge on any atom is -0.496 e. The van der Waals surface area contributed by atoms with Crippen molar-refractivity contribution in [1.29, 1.82) is 0 Å². The van der Waals surface area contributed by atoms with Crippen LogP contribution in [0.4, 0.5) is 11.4 Å². The highest BCUT2D eigenvalue weighted by molar-refractivity contribution is 7.93. The van der Waals surface area contributed by atoms with Crippen LogP contribution in [0.5, 0.6) is 5.75 Å². The van der Waals surface area contributed by atoms with Crippen molar-refractivity contribution in [3.63, 3.8) is 0 Å². The second kappa shape index (κ2) is 12.0. The Hall–Kier alpha value is -2.99. The number of rotatable bonds is 8. The lowest BCUT2D eigenvalue weighted by Crippen LogP contribution is -2.32. The smallest absolute Gasteiger partial charge is 0.261 e. The van der Waals surface area contributed by atoms with E-state index >= 15 is 0 Å². The van der Waals surface area contributed by atoms with Gasteiger partial charge in [0.15, 0.2) is 0 Å². The van der Waals surface area contributed by atoms with Gasteiger partial charge in [0.05, 0.1) is 38.2 Å². The van der Waals surface area contributed by atoms with Crippen molar-refractivity contribution >= 4 is 60.5 Å². The van der Waals surface area contributed by atoms with Crippen molar-refractivity contribution in [3.05, 3.63) is 76.3 Å². The molecule has 4 rings (SSSR count). The number of sulfonamides is 2. The fourth-order valence-electron chi connectivity index (χ4n) is 4.17. The third kappa shape index (κ3) is 6.78. The zero-order valence-electron chi connectivity index (χ0n) is 21.0. The average molecular weight is 613 g/mol. The van der Waals surface area contributed by atoms with Crippen molar-refractivity contribution in [2.75, 3.05) is 29.6 Å². The molecule has 3 aromatic carbocycles. The molecule has 1 fully saturated rings. The van der Waals surface area contributed by atoms with Crippen molar-refractivity contribution in [1.82, 2.24) is 4.90 Å². The third-order valence-electron chi connectivity index (χ3n) is 6.22. The molecule has 0 saturated carbocycles. The molecule has 0 aliphatic carbocycles. The van der Waals surface area contributed by atoms with Crippen molar-refractivity contribution in [2.45, 2.75) is 35.5 Å². The fourth-order valence-corrected chi connectivity index (χ4v) is 6.73. The first kappa shape index (κ1) is 29.0. The Morgan fingerprint density at radius 3 is 2.08 bits per heavy atom. The Morgan fingerprint density at radius 2 is 1.44 bits per heavy atom. The van der Waals surface area contributed by atoms with Crippen LogP contribution in [0.2, 0.25) is 10.0 Å². The van der Waals surface area contributed by atoms with Crippen LogP contribution >= 0.6 is 23.2 Å². The molecule has 208 valence electrons. The van der Waals surface area contributed by atoms with E-state index in [1.54, 1.807) is 11.0 Å². The van der Waals surface area contributed by atoms with Crippen LogP contribution in [-0.4, -0.2) is 47.8 Å². The Kier molecular flexibility index (Phi) is 8.95. The molecule has 0 aromatic heterocycles. The second-order valence-electron chi connectivity index (χ2n) is 8.91. The Bertz CT molecular complexity index is 1570. The number of methoxy groups -OCH3 is 1. The molecule has 0 bridgehead atoms. The van der Waals surface area contributed by atoms with E-state index in [1.165, 1.54) is 61.7 Å². The van der Waals surface area contributed by atoms with Gasteiger partial charge in [-0.05, 0) is 67.4 Å². The standard InChI is InChI=1S/C26H27Cl2N3O6S2/c1-37-24-14-13-20(17-21(24)26(32)31-15-4-2-3-5-16-31)39(35,36)29-18-9-11-19(12-10-18)38(33,34)30-23-8-6-7-22(27)25(23)28/h6-14,17,29-30H,2-5,15-16H2,1H3. The molecule has 2 N–H and O–H groups in total. The molecule has 1 saturated heterocycles. The summed E-state index contributed by atoms with van der Waals surface area (Å²) >= 11 is 12.0. The summed E-state index contributed by atoms with van der Waals surface area (Å²) in [4.78, 5) is 14.7. The fraction of sp³-hybridized carbons (Fsp3) is 0.269. The zero-order chi connectivity index (χ0) is 28.2. The molecule has 0 unspecified atom stereocenters. The molecule has 0 atom stereocenters. The number of nitrogens with one attached hydrogen (secondary N) is 2. The molecule has 0 radical (unpaired) electrons. The normalized spacial score (nSPS) is 14.4. The van der Waals surface area contributed by atoms with Gasteiger partial charge in [0.1, 0.15) is 5.75 Å². The second-order valence-corrected chi connectivity index (χ2v) is 13.1. The highest BCUT2D eigenvalue weighted by Crippen LogP contribution is 2.31. The quantitative estimate of drug-likeness (QED) is 0.341. The van der Waals surface area contributed by atoms with Gasteiger partial charge in [0.2, 0.25) is 0 Å². The van der Waals surface area contributed by atoms with Crippen LogP contribution in [0.3, 0.4) is 0 Å². The lowest BCUT2D eigenvalue weighted by molar-refractivity contribution is 0.0758. The molecule has 13 heteroatoms. The summed E-state index contributed by atoms with van der Waals surface area (Å²) in [5, 5.41) is 0.247. The molecule has 9 nitrogen and oxygen atoms in total. The minimum atomic E-state index is -4.11. The van der Waals surface area contributed by atoms with Gasteiger partial charge in [-0.1, -0.05) is 42.1 Å². The van der Waals surface area contributed by atoms with Crippen LogP contribution < -0.4 is 14.2 Å². The predicted octanol–water partition coefficient (Wildman–Crippen LogP) is 5.62.